The van der Waals surface area contributed by atoms with Crippen LogP contribution in [0.2, 0.25) is 0 Å². The fourth-order valence-electron chi connectivity index (χ4n) is 3.55. The molecule has 1 aliphatic rings. The quantitative estimate of drug-likeness (QED) is 0.667. The molecular formula is C25H32N2O4. The van der Waals surface area contributed by atoms with E-state index in [1.54, 1.807) is 7.11 Å². The number of ether oxygens (including phenoxy) is 3. The smallest absolute Gasteiger partial charge is 0.258 e. The number of hydrogen-bond acceptors (Lipinski definition) is 5. The number of amides is 1. The monoisotopic (exact) mass is 424 g/mol. The van der Waals surface area contributed by atoms with Crippen molar-refractivity contribution in [3.8, 4) is 11.5 Å². The van der Waals surface area contributed by atoms with Crippen LogP contribution in [0.25, 0.3) is 6.08 Å². The molecule has 0 bridgehead atoms. The SMILES string of the molecule is C/C=C/c1ccc(OCC(=O)N[C@H](CN2CCOCC2)c2ccc(C)cc2)c(OC)c1. The Morgan fingerprint density at radius 1 is 1.16 bits per heavy atom. The molecule has 2 aromatic carbocycles. The fraction of sp³-hybridized carbons (Fsp3) is 0.400. The fourth-order valence-corrected chi connectivity index (χ4v) is 3.55. The van der Waals surface area contributed by atoms with Crippen molar-refractivity contribution in [2.75, 3.05) is 46.6 Å². The third-order valence-corrected chi connectivity index (χ3v) is 5.26. The molecule has 0 radical (unpaired) electrons. The normalized spacial score (nSPS) is 15.6. The number of allylic oxidation sites excluding steroid dienone is 1. The van der Waals surface area contributed by atoms with Gasteiger partial charge in [-0.3, -0.25) is 9.69 Å². The molecule has 1 atom stereocenters. The molecule has 2 aromatic rings. The molecule has 1 amide bonds. The zero-order chi connectivity index (χ0) is 22.1. The molecule has 1 aliphatic heterocycles. The highest BCUT2D eigenvalue weighted by Crippen LogP contribution is 2.28. The predicted octanol–water partition coefficient (Wildman–Crippen LogP) is 3.61. The number of nitrogens with one attached hydrogen (secondary N) is 1. The first-order chi connectivity index (χ1) is 15.1. The number of benzene rings is 2. The lowest BCUT2D eigenvalue weighted by molar-refractivity contribution is -0.124. The van der Waals surface area contributed by atoms with E-state index in [2.05, 4.69) is 41.4 Å². The number of morpholine rings is 1. The van der Waals surface area contributed by atoms with Gasteiger partial charge in [0.2, 0.25) is 0 Å². The highest BCUT2D eigenvalue weighted by atomic mass is 16.5. The second-order valence-corrected chi connectivity index (χ2v) is 7.64. The molecule has 166 valence electrons. The maximum absolute atomic E-state index is 12.7. The Labute approximate surface area is 184 Å². The minimum absolute atomic E-state index is 0.0786. The van der Waals surface area contributed by atoms with Crippen molar-refractivity contribution >= 4 is 12.0 Å². The summed E-state index contributed by atoms with van der Waals surface area (Å²) < 4.78 is 16.6. The summed E-state index contributed by atoms with van der Waals surface area (Å²) in [6, 6.07) is 13.8. The average molecular weight is 425 g/mol. The number of rotatable bonds is 9. The van der Waals surface area contributed by atoms with Gasteiger partial charge in [-0.1, -0.05) is 48.0 Å². The highest BCUT2D eigenvalue weighted by Gasteiger charge is 2.20. The minimum Gasteiger partial charge on any atom is -0.493 e. The number of methoxy groups -OCH3 is 1. The van der Waals surface area contributed by atoms with Gasteiger partial charge in [-0.25, -0.2) is 0 Å². The Hall–Kier alpha value is -2.83. The Morgan fingerprint density at radius 3 is 2.58 bits per heavy atom. The molecule has 0 spiro atoms. The zero-order valence-corrected chi connectivity index (χ0v) is 18.6. The van der Waals surface area contributed by atoms with Crippen LogP contribution in [0, 0.1) is 6.92 Å². The standard InChI is InChI=1S/C25H32N2O4/c1-4-5-20-8-11-23(24(16-20)29-3)31-18-25(28)26-22(17-27-12-14-30-15-13-27)21-9-6-19(2)7-10-21/h4-11,16,22H,12-15,17-18H2,1-3H3,(H,26,28)/b5-4+/t22-/m1/s1. The number of nitrogens with zero attached hydrogens (tertiary/aromatic N) is 1. The van der Waals surface area contributed by atoms with Crippen LogP contribution in [-0.4, -0.2) is 57.4 Å². The first-order valence-electron chi connectivity index (χ1n) is 10.7. The van der Waals surface area contributed by atoms with Crippen LogP contribution in [0.4, 0.5) is 0 Å². The lowest BCUT2D eigenvalue weighted by Gasteiger charge is -2.31. The zero-order valence-electron chi connectivity index (χ0n) is 18.6. The van der Waals surface area contributed by atoms with Gasteiger partial charge in [0.15, 0.2) is 18.1 Å². The van der Waals surface area contributed by atoms with Gasteiger partial charge in [0.1, 0.15) is 0 Å². The Morgan fingerprint density at radius 2 is 1.90 bits per heavy atom. The molecule has 0 unspecified atom stereocenters. The molecule has 6 nitrogen and oxygen atoms in total. The van der Waals surface area contributed by atoms with Gasteiger partial charge in [-0.2, -0.15) is 0 Å². The lowest BCUT2D eigenvalue weighted by Crippen LogP contribution is -2.44. The van der Waals surface area contributed by atoms with Gasteiger partial charge in [0, 0.05) is 19.6 Å². The number of carbonyl (C=O) groups is 1. The van der Waals surface area contributed by atoms with Gasteiger partial charge in [-0.05, 0) is 37.1 Å². The van der Waals surface area contributed by atoms with Crippen molar-refractivity contribution in [2.24, 2.45) is 0 Å². The summed E-state index contributed by atoms with van der Waals surface area (Å²) in [6.45, 7) is 7.85. The van der Waals surface area contributed by atoms with Crippen molar-refractivity contribution in [2.45, 2.75) is 19.9 Å². The van der Waals surface area contributed by atoms with Gasteiger partial charge >= 0.3 is 0 Å². The molecule has 1 heterocycles. The largest absolute Gasteiger partial charge is 0.493 e. The van der Waals surface area contributed by atoms with E-state index < -0.39 is 0 Å². The van der Waals surface area contributed by atoms with Gasteiger partial charge in [0.25, 0.3) is 5.91 Å². The summed E-state index contributed by atoms with van der Waals surface area (Å²) in [6.07, 6.45) is 3.94. The van der Waals surface area contributed by atoms with E-state index >= 15 is 0 Å². The summed E-state index contributed by atoms with van der Waals surface area (Å²) in [4.78, 5) is 15.1. The number of aryl methyl sites for hydroxylation is 1. The molecule has 6 heteroatoms. The van der Waals surface area contributed by atoms with Crippen LogP contribution < -0.4 is 14.8 Å². The lowest BCUT2D eigenvalue weighted by atomic mass is 10.0. The molecule has 0 aliphatic carbocycles. The van der Waals surface area contributed by atoms with Crippen molar-refractivity contribution in [3.63, 3.8) is 0 Å². The van der Waals surface area contributed by atoms with Crippen molar-refractivity contribution in [1.29, 1.82) is 0 Å². The Balaban J connectivity index is 1.65. The average Bonchev–Trinajstić information content (AvgIpc) is 2.79. The molecule has 31 heavy (non-hydrogen) atoms. The number of hydrogen-bond donors (Lipinski definition) is 1. The summed E-state index contributed by atoms with van der Waals surface area (Å²) in [5.74, 6) is 0.983. The van der Waals surface area contributed by atoms with Crippen molar-refractivity contribution in [3.05, 3.63) is 65.2 Å². The van der Waals surface area contributed by atoms with E-state index in [4.69, 9.17) is 14.2 Å². The summed E-state index contributed by atoms with van der Waals surface area (Å²) in [5, 5.41) is 3.14. The van der Waals surface area contributed by atoms with Crippen molar-refractivity contribution in [1.82, 2.24) is 10.2 Å². The topological polar surface area (TPSA) is 60.0 Å². The second-order valence-electron chi connectivity index (χ2n) is 7.64. The molecule has 1 saturated heterocycles. The van der Waals surface area contributed by atoms with Crippen LogP contribution >= 0.6 is 0 Å². The summed E-state index contributed by atoms with van der Waals surface area (Å²) in [5.41, 5.74) is 3.29. The molecular weight excluding hydrogens is 392 g/mol. The predicted molar refractivity (Wildman–Crippen MR) is 123 cm³/mol. The van der Waals surface area contributed by atoms with Gasteiger partial charge in [-0.15, -0.1) is 0 Å². The van der Waals surface area contributed by atoms with E-state index in [1.807, 2.05) is 37.3 Å². The molecule has 1 N–H and O–H groups in total. The van der Waals surface area contributed by atoms with Crippen molar-refractivity contribution < 1.29 is 19.0 Å². The van der Waals surface area contributed by atoms with E-state index in [9.17, 15) is 4.79 Å². The van der Waals surface area contributed by atoms with E-state index in [0.717, 1.165) is 44.0 Å². The van der Waals surface area contributed by atoms with Crippen LogP contribution in [-0.2, 0) is 9.53 Å². The summed E-state index contributed by atoms with van der Waals surface area (Å²) in [7, 11) is 1.59. The van der Waals surface area contributed by atoms with E-state index in [1.165, 1.54) is 5.56 Å². The molecule has 1 fully saturated rings. The van der Waals surface area contributed by atoms with Crippen LogP contribution in [0.15, 0.2) is 48.5 Å². The van der Waals surface area contributed by atoms with Crippen LogP contribution in [0.5, 0.6) is 11.5 Å². The third-order valence-electron chi connectivity index (χ3n) is 5.26. The van der Waals surface area contributed by atoms with Gasteiger partial charge < -0.3 is 19.5 Å². The third kappa shape index (κ3) is 6.84. The molecule has 0 saturated carbocycles. The van der Waals surface area contributed by atoms with E-state index in [0.29, 0.717) is 11.5 Å². The first-order valence-corrected chi connectivity index (χ1v) is 10.7. The maximum Gasteiger partial charge on any atom is 0.258 e. The minimum atomic E-state index is -0.168. The van der Waals surface area contributed by atoms with E-state index in [-0.39, 0.29) is 18.6 Å². The Kier molecular flexibility index (Phi) is 8.50. The first kappa shape index (κ1) is 22.8. The second kappa shape index (κ2) is 11.5. The summed E-state index contributed by atoms with van der Waals surface area (Å²) >= 11 is 0. The molecule has 0 aromatic heterocycles. The Bertz CT molecular complexity index is 874. The van der Waals surface area contributed by atoms with Crippen LogP contribution in [0.1, 0.15) is 29.7 Å². The highest BCUT2D eigenvalue weighted by molar-refractivity contribution is 5.78. The van der Waals surface area contributed by atoms with Crippen LogP contribution in [0.3, 0.4) is 0 Å². The maximum atomic E-state index is 12.7. The number of carbonyl (C=O) groups excluding carboxylic acids is 1. The molecule has 3 rings (SSSR count). The van der Waals surface area contributed by atoms with Gasteiger partial charge in [0.05, 0.1) is 26.4 Å².